The van der Waals surface area contributed by atoms with E-state index in [1.54, 1.807) is 7.11 Å². The van der Waals surface area contributed by atoms with Crippen molar-refractivity contribution in [1.29, 1.82) is 0 Å². The van der Waals surface area contributed by atoms with E-state index in [1.165, 1.54) is 6.42 Å². The van der Waals surface area contributed by atoms with Gasteiger partial charge >= 0.3 is 0 Å². The first-order valence-corrected chi connectivity index (χ1v) is 7.40. The Hall–Kier alpha value is -1.10. The smallest absolute Gasteiger partial charge is 0.118 e. The van der Waals surface area contributed by atoms with Crippen LogP contribution >= 0.6 is 0 Å². The van der Waals surface area contributed by atoms with Crippen LogP contribution in [-0.2, 0) is 0 Å². The molecule has 112 valence electrons. The third kappa shape index (κ3) is 4.47. The summed E-state index contributed by atoms with van der Waals surface area (Å²) in [5.41, 5.74) is 0.891. The Labute approximate surface area is 120 Å². The van der Waals surface area contributed by atoms with E-state index in [9.17, 15) is 10.2 Å². The zero-order valence-corrected chi connectivity index (χ0v) is 12.1. The van der Waals surface area contributed by atoms with Crippen molar-refractivity contribution >= 4 is 0 Å². The van der Waals surface area contributed by atoms with E-state index in [-0.39, 0.29) is 6.10 Å². The van der Waals surface area contributed by atoms with Gasteiger partial charge in [-0.15, -0.1) is 0 Å². The largest absolute Gasteiger partial charge is 0.497 e. The zero-order chi connectivity index (χ0) is 14.4. The number of ether oxygens (including phenoxy) is 1. The number of hydrogen-bond acceptors (Lipinski definition) is 4. The predicted octanol–water partition coefficient (Wildman–Crippen LogP) is 1.87. The normalized spacial score (nSPS) is 24.4. The molecule has 3 N–H and O–H groups in total. The average Bonchev–Trinajstić information content (AvgIpc) is 2.47. The Kier molecular flexibility index (Phi) is 5.83. The van der Waals surface area contributed by atoms with Gasteiger partial charge in [-0.2, -0.15) is 0 Å². The van der Waals surface area contributed by atoms with E-state index in [2.05, 4.69) is 5.32 Å². The molecule has 3 atom stereocenters. The van der Waals surface area contributed by atoms with Crippen molar-refractivity contribution in [3.05, 3.63) is 29.8 Å². The van der Waals surface area contributed by atoms with Crippen molar-refractivity contribution in [3.8, 4) is 5.75 Å². The second kappa shape index (κ2) is 7.62. The molecular weight excluding hydrogens is 254 g/mol. The van der Waals surface area contributed by atoms with Gasteiger partial charge in [0.15, 0.2) is 0 Å². The number of rotatable bonds is 6. The molecular formula is C16H25NO3. The Morgan fingerprint density at radius 1 is 1.30 bits per heavy atom. The molecule has 1 fully saturated rings. The monoisotopic (exact) mass is 279 g/mol. The molecule has 0 aliphatic heterocycles. The zero-order valence-electron chi connectivity index (χ0n) is 12.1. The number of nitrogens with one attached hydrogen (secondary N) is 1. The summed E-state index contributed by atoms with van der Waals surface area (Å²) in [5.74, 6) is 1.33. The average molecular weight is 279 g/mol. The molecule has 0 radical (unpaired) electrons. The van der Waals surface area contributed by atoms with Crippen LogP contribution in [0.2, 0.25) is 0 Å². The number of methoxy groups -OCH3 is 1. The molecule has 0 amide bonds. The highest BCUT2D eigenvalue weighted by Gasteiger charge is 2.20. The molecule has 1 aromatic rings. The molecule has 0 bridgehead atoms. The SMILES string of the molecule is COc1ccc(C(O)CNCC2CCCC(O)C2)cc1. The molecule has 1 aromatic carbocycles. The number of hydrogen-bond donors (Lipinski definition) is 3. The van der Waals surface area contributed by atoms with Gasteiger partial charge in [0.1, 0.15) is 5.75 Å². The topological polar surface area (TPSA) is 61.7 Å². The van der Waals surface area contributed by atoms with Crippen molar-refractivity contribution < 1.29 is 14.9 Å². The second-order valence-corrected chi connectivity index (χ2v) is 5.63. The van der Waals surface area contributed by atoms with E-state index in [4.69, 9.17) is 4.74 Å². The molecule has 1 saturated carbocycles. The van der Waals surface area contributed by atoms with Gasteiger partial charge in [0.25, 0.3) is 0 Å². The summed E-state index contributed by atoms with van der Waals surface area (Å²) >= 11 is 0. The lowest BCUT2D eigenvalue weighted by molar-refractivity contribution is 0.0983. The van der Waals surface area contributed by atoms with E-state index in [1.807, 2.05) is 24.3 Å². The summed E-state index contributed by atoms with van der Waals surface area (Å²) in [6.07, 6.45) is 3.45. The lowest BCUT2D eigenvalue weighted by Crippen LogP contribution is -2.31. The Balaban J connectivity index is 1.72. The summed E-state index contributed by atoms with van der Waals surface area (Å²) in [6.45, 7) is 1.41. The maximum Gasteiger partial charge on any atom is 0.118 e. The predicted molar refractivity (Wildman–Crippen MR) is 78.8 cm³/mol. The van der Waals surface area contributed by atoms with Gasteiger partial charge in [-0.25, -0.2) is 0 Å². The van der Waals surface area contributed by atoms with Gasteiger partial charge in [0.2, 0.25) is 0 Å². The molecule has 1 aliphatic carbocycles. The van der Waals surface area contributed by atoms with E-state index >= 15 is 0 Å². The van der Waals surface area contributed by atoms with Crippen molar-refractivity contribution in [2.75, 3.05) is 20.2 Å². The fraction of sp³-hybridized carbons (Fsp3) is 0.625. The van der Waals surface area contributed by atoms with Crippen LogP contribution in [-0.4, -0.2) is 36.5 Å². The molecule has 3 unspecified atom stereocenters. The van der Waals surface area contributed by atoms with Gasteiger partial charge < -0.3 is 20.3 Å². The maximum atomic E-state index is 10.1. The summed E-state index contributed by atoms with van der Waals surface area (Å²) in [5, 5.41) is 23.0. The van der Waals surface area contributed by atoms with Crippen LogP contribution in [0, 0.1) is 5.92 Å². The van der Waals surface area contributed by atoms with Gasteiger partial charge in [0, 0.05) is 6.54 Å². The van der Waals surface area contributed by atoms with Gasteiger partial charge in [-0.1, -0.05) is 18.6 Å². The van der Waals surface area contributed by atoms with E-state index in [0.29, 0.717) is 12.5 Å². The van der Waals surface area contributed by atoms with Gasteiger partial charge in [0.05, 0.1) is 19.3 Å². The molecule has 0 spiro atoms. The molecule has 2 rings (SSSR count). The number of aliphatic hydroxyl groups is 2. The Morgan fingerprint density at radius 3 is 2.70 bits per heavy atom. The van der Waals surface area contributed by atoms with Gasteiger partial charge in [-0.3, -0.25) is 0 Å². The third-order valence-corrected chi connectivity index (χ3v) is 4.03. The third-order valence-electron chi connectivity index (χ3n) is 4.03. The van der Waals surface area contributed by atoms with Crippen LogP contribution in [0.1, 0.15) is 37.4 Å². The van der Waals surface area contributed by atoms with Crippen molar-refractivity contribution in [2.45, 2.75) is 37.9 Å². The van der Waals surface area contributed by atoms with Crippen molar-refractivity contribution in [3.63, 3.8) is 0 Å². The molecule has 4 heteroatoms. The molecule has 1 aliphatic rings. The van der Waals surface area contributed by atoms with Gasteiger partial charge in [-0.05, 0) is 49.4 Å². The van der Waals surface area contributed by atoms with Crippen LogP contribution in [0.25, 0.3) is 0 Å². The van der Waals surface area contributed by atoms with Crippen LogP contribution in [0.5, 0.6) is 5.75 Å². The van der Waals surface area contributed by atoms with Crippen LogP contribution in [0.15, 0.2) is 24.3 Å². The first-order valence-electron chi connectivity index (χ1n) is 7.40. The lowest BCUT2D eigenvalue weighted by Gasteiger charge is -2.26. The standard InChI is InChI=1S/C16H25NO3/c1-20-15-7-5-13(6-8-15)16(19)11-17-10-12-3-2-4-14(18)9-12/h5-8,12,14,16-19H,2-4,9-11H2,1H3. The van der Waals surface area contributed by atoms with Crippen molar-refractivity contribution in [2.24, 2.45) is 5.92 Å². The minimum Gasteiger partial charge on any atom is -0.497 e. The first-order chi connectivity index (χ1) is 9.69. The summed E-state index contributed by atoms with van der Waals surface area (Å²) in [4.78, 5) is 0. The lowest BCUT2D eigenvalue weighted by atomic mass is 9.87. The minimum atomic E-state index is -0.505. The maximum absolute atomic E-state index is 10.1. The molecule has 0 heterocycles. The highest BCUT2D eigenvalue weighted by Crippen LogP contribution is 2.23. The van der Waals surface area contributed by atoms with E-state index < -0.39 is 6.10 Å². The molecule has 0 aromatic heterocycles. The Morgan fingerprint density at radius 2 is 2.05 bits per heavy atom. The molecule has 4 nitrogen and oxygen atoms in total. The number of benzene rings is 1. The van der Waals surface area contributed by atoms with Crippen molar-refractivity contribution in [1.82, 2.24) is 5.32 Å². The second-order valence-electron chi connectivity index (χ2n) is 5.63. The molecule has 0 saturated heterocycles. The Bertz CT molecular complexity index is 393. The quantitative estimate of drug-likeness (QED) is 0.744. The summed E-state index contributed by atoms with van der Waals surface area (Å²) in [6, 6.07) is 7.48. The molecule has 20 heavy (non-hydrogen) atoms. The summed E-state index contributed by atoms with van der Waals surface area (Å²) < 4.78 is 5.10. The highest BCUT2D eigenvalue weighted by atomic mass is 16.5. The van der Waals surface area contributed by atoms with Crippen LogP contribution < -0.4 is 10.1 Å². The highest BCUT2D eigenvalue weighted by molar-refractivity contribution is 5.28. The number of aliphatic hydroxyl groups excluding tert-OH is 2. The minimum absolute atomic E-state index is 0.137. The van der Waals surface area contributed by atoms with E-state index in [0.717, 1.165) is 37.1 Å². The fourth-order valence-corrected chi connectivity index (χ4v) is 2.82. The van der Waals surface area contributed by atoms with Crippen LogP contribution in [0.4, 0.5) is 0 Å². The first kappa shape index (κ1) is 15.3. The van der Waals surface area contributed by atoms with Crippen LogP contribution in [0.3, 0.4) is 0 Å². The summed E-state index contributed by atoms with van der Waals surface area (Å²) in [7, 11) is 1.63. The fourth-order valence-electron chi connectivity index (χ4n) is 2.82.